The van der Waals surface area contributed by atoms with Crippen LogP contribution in [0.1, 0.15) is 78.9 Å². The number of nitrogens with two attached hydrogens (primary N) is 6. The fraction of sp³-hybridized carbons (Fsp3) is 0.679. The third-order valence-electron chi connectivity index (χ3n) is 6.18. The minimum Gasteiger partial charge on any atom is -0.350 e. The van der Waals surface area contributed by atoms with Gasteiger partial charge in [0.15, 0.2) is 0 Å². The number of carbonyl (C=O) groups is 3. The Kier molecular flexibility index (Phi) is 27.3. The summed E-state index contributed by atoms with van der Waals surface area (Å²) in [6.07, 6.45) is -0.869. The van der Waals surface area contributed by atoms with Gasteiger partial charge in [-0.1, -0.05) is 46.8 Å². The van der Waals surface area contributed by atoms with Crippen LogP contribution in [0.2, 0.25) is 0 Å². The number of rotatable bonds is 16. The molecule has 2 atom stereocenters. The summed E-state index contributed by atoms with van der Waals surface area (Å²) >= 11 is 0. The minimum absolute atomic E-state index is 0.0286. The van der Waals surface area contributed by atoms with Gasteiger partial charge in [-0.25, -0.2) is 5.84 Å². The highest BCUT2D eigenvalue weighted by atomic mass is 19.2. The summed E-state index contributed by atoms with van der Waals surface area (Å²) in [5.74, 6) is 14.4. The van der Waals surface area contributed by atoms with Crippen LogP contribution in [0, 0.1) is 20.8 Å². The van der Waals surface area contributed by atoms with E-state index < -0.39 is 29.9 Å². The number of nitrogens with one attached hydrogen (secondary N) is 5. The summed E-state index contributed by atoms with van der Waals surface area (Å²) in [5, 5.41) is 8.34. The summed E-state index contributed by atoms with van der Waals surface area (Å²) in [4.78, 5) is 41.2. The lowest BCUT2D eigenvalue weighted by atomic mass is 9.89. The zero-order valence-corrected chi connectivity index (χ0v) is 28.9. The van der Waals surface area contributed by atoms with Crippen molar-refractivity contribution >= 4 is 23.4 Å². The van der Waals surface area contributed by atoms with Crippen LogP contribution < -0.4 is 66.4 Å². The Hall–Kier alpha value is -2.84. The van der Waals surface area contributed by atoms with E-state index in [9.17, 15) is 18.9 Å². The summed E-state index contributed by atoms with van der Waals surface area (Å²) in [6, 6.07) is -1.02. The lowest BCUT2D eigenvalue weighted by molar-refractivity contribution is -0.118. The van der Waals surface area contributed by atoms with Crippen molar-refractivity contribution in [1.29, 1.82) is 0 Å². The summed E-state index contributed by atoms with van der Waals surface area (Å²) in [6.45, 7) is 16.6. The number of carbonyl (C=O) groups excluding carboxylic acids is 3. The van der Waals surface area contributed by atoms with E-state index >= 15 is 0 Å². The van der Waals surface area contributed by atoms with E-state index in [1.807, 2.05) is 41.5 Å². The Bertz CT molecular complexity index is 997. The molecule has 2 unspecified atom stereocenters. The first-order chi connectivity index (χ1) is 21.3. The topological polar surface area (TPSA) is 274 Å². The predicted octanol–water partition coefficient (Wildman–Crippen LogP) is -1.37. The van der Waals surface area contributed by atoms with E-state index in [0.29, 0.717) is 23.2 Å². The second-order valence-corrected chi connectivity index (χ2v) is 9.11. The molecule has 17 heteroatoms. The largest absolute Gasteiger partial charge is 0.350 e. The zero-order valence-electron chi connectivity index (χ0n) is 28.9. The van der Waals surface area contributed by atoms with Crippen LogP contribution in [0.4, 0.5) is 10.2 Å². The van der Waals surface area contributed by atoms with Gasteiger partial charge in [0, 0.05) is 43.3 Å². The van der Waals surface area contributed by atoms with E-state index in [1.165, 1.54) is 4.90 Å². The standard InChI is InChI=1S/C22H44FN13O3.3C2H6/c1-11-17(21(38)31-8-14(24)7-30-4)12(2)19(35(5-6-36(23)29)16(37)10-33-27)13(3)18(11)22(39)32-9-15(34-28)20(25)26;3*1-2/h14-15,20,30,33-34H,5-10,24-29H2,1-4H3,(H,31,38)(H,32,39);3*1-2H3. The van der Waals surface area contributed by atoms with E-state index in [-0.39, 0.29) is 60.8 Å². The normalized spacial score (nSPS) is 11.6. The van der Waals surface area contributed by atoms with Crippen LogP contribution in [-0.4, -0.2) is 87.5 Å². The van der Waals surface area contributed by atoms with Crippen molar-refractivity contribution < 1.29 is 18.9 Å². The first kappa shape index (κ1) is 46.6. The van der Waals surface area contributed by atoms with Gasteiger partial charge in [-0.15, -0.1) is 4.48 Å². The summed E-state index contributed by atoms with van der Waals surface area (Å²) < 4.78 is 13.5. The Morgan fingerprint density at radius 3 is 1.62 bits per heavy atom. The molecule has 45 heavy (non-hydrogen) atoms. The Morgan fingerprint density at radius 1 is 0.778 bits per heavy atom. The minimum atomic E-state index is -0.869. The van der Waals surface area contributed by atoms with Crippen molar-refractivity contribution in [2.24, 2.45) is 34.7 Å². The highest BCUT2D eigenvalue weighted by Gasteiger charge is 2.30. The highest BCUT2D eigenvalue weighted by Crippen LogP contribution is 2.34. The van der Waals surface area contributed by atoms with Crippen LogP contribution in [0.3, 0.4) is 0 Å². The van der Waals surface area contributed by atoms with Gasteiger partial charge >= 0.3 is 0 Å². The number of likely N-dealkylation sites (N-methyl/N-ethyl adjacent to an activating group) is 1. The maximum absolute atomic E-state index is 13.5. The van der Waals surface area contributed by atoms with Gasteiger partial charge in [-0.3, -0.25) is 36.9 Å². The molecule has 0 radical (unpaired) electrons. The molecule has 0 fully saturated rings. The average Bonchev–Trinajstić information content (AvgIpc) is 3.01. The lowest BCUT2D eigenvalue weighted by Crippen LogP contribution is -2.58. The fourth-order valence-corrected chi connectivity index (χ4v) is 4.27. The molecule has 0 saturated heterocycles. The van der Waals surface area contributed by atoms with Crippen molar-refractivity contribution in [3.05, 3.63) is 27.8 Å². The van der Waals surface area contributed by atoms with E-state index in [4.69, 9.17) is 34.7 Å². The van der Waals surface area contributed by atoms with Crippen LogP contribution in [0.15, 0.2) is 0 Å². The van der Waals surface area contributed by atoms with Gasteiger partial charge in [0.1, 0.15) is 0 Å². The number of hydrogen-bond acceptors (Lipinski definition) is 13. The summed E-state index contributed by atoms with van der Waals surface area (Å²) in [7, 11) is 1.73. The van der Waals surface area contributed by atoms with E-state index in [2.05, 4.69) is 26.8 Å². The second-order valence-electron chi connectivity index (χ2n) is 9.11. The quantitative estimate of drug-likeness (QED) is 0.0428. The molecule has 17 N–H and O–H groups in total. The first-order valence-electron chi connectivity index (χ1n) is 15.3. The van der Waals surface area contributed by atoms with Gasteiger partial charge in [0.25, 0.3) is 11.8 Å². The molecule has 3 amide bonds. The molecule has 1 rings (SSSR count). The number of benzene rings is 1. The molecule has 1 aromatic rings. The third kappa shape index (κ3) is 15.3. The molecule has 0 aliphatic rings. The zero-order chi connectivity index (χ0) is 35.9. The SMILES string of the molecule is CC.CC.CC.CNCC(N)CNC(=O)c1c(C)c(C(=O)NCC(NN)C(N)N)c(C)c(N(CCN(N)F)C(=O)CNN)c1C. The molecule has 264 valence electrons. The van der Waals surface area contributed by atoms with Crippen molar-refractivity contribution in [3.8, 4) is 0 Å². The summed E-state index contributed by atoms with van der Waals surface area (Å²) in [5.41, 5.74) is 23.7. The number of hydrogen-bond donors (Lipinski definition) is 11. The highest BCUT2D eigenvalue weighted by molar-refractivity contribution is 6.08. The van der Waals surface area contributed by atoms with E-state index in [0.717, 1.165) is 0 Å². The number of anilines is 1. The average molecular weight is 648 g/mol. The van der Waals surface area contributed by atoms with Gasteiger partial charge in [-0.2, -0.15) is 0 Å². The van der Waals surface area contributed by atoms with Gasteiger partial charge in [0.2, 0.25) is 5.91 Å². The number of hydrazine groups is 3. The van der Waals surface area contributed by atoms with Crippen molar-refractivity contribution in [2.45, 2.75) is 80.6 Å². The number of nitrogens with zero attached hydrogens (tertiary/aromatic N) is 2. The Balaban J connectivity index is -0.00000276. The molecule has 1 aromatic carbocycles. The maximum Gasteiger partial charge on any atom is 0.251 e. The molecule has 16 nitrogen and oxygen atoms in total. The third-order valence-corrected chi connectivity index (χ3v) is 6.18. The molecule has 0 aliphatic heterocycles. The molecule has 0 aliphatic carbocycles. The fourth-order valence-electron chi connectivity index (χ4n) is 4.27. The number of amides is 3. The molecule has 0 aromatic heterocycles. The number of halogens is 1. The molecule has 0 bridgehead atoms. The Morgan fingerprint density at radius 2 is 1.24 bits per heavy atom. The van der Waals surface area contributed by atoms with E-state index in [1.54, 1.807) is 27.8 Å². The maximum atomic E-state index is 13.5. The molecule has 0 heterocycles. The molecule has 0 spiro atoms. The lowest BCUT2D eigenvalue weighted by Gasteiger charge is -2.30. The first-order valence-corrected chi connectivity index (χ1v) is 15.3. The monoisotopic (exact) mass is 648 g/mol. The molecular formula is C28H62FN13O3. The second kappa shape index (κ2) is 26.4. The van der Waals surface area contributed by atoms with Crippen LogP contribution >= 0.6 is 0 Å². The van der Waals surface area contributed by atoms with Crippen LogP contribution in [0.25, 0.3) is 0 Å². The van der Waals surface area contributed by atoms with Gasteiger partial charge in [-0.05, 0) is 44.5 Å². The Labute approximate surface area is 268 Å². The van der Waals surface area contributed by atoms with Gasteiger partial charge in [0.05, 0.1) is 31.0 Å². The smallest absolute Gasteiger partial charge is 0.251 e. The van der Waals surface area contributed by atoms with Crippen molar-refractivity contribution in [1.82, 2.24) is 32.0 Å². The predicted molar refractivity (Wildman–Crippen MR) is 181 cm³/mol. The van der Waals surface area contributed by atoms with Gasteiger partial charge < -0.3 is 38.1 Å². The van der Waals surface area contributed by atoms with Crippen molar-refractivity contribution in [2.75, 3.05) is 51.2 Å². The van der Waals surface area contributed by atoms with Crippen LogP contribution in [0.5, 0.6) is 0 Å². The van der Waals surface area contributed by atoms with Crippen LogP contribution in [-0.2, 0) is 4.79 Å². The van der Waals surface area contributed by atoms with Crippen molar-refractivity contribution in [3.63, 3.8) is 0 Å². The molecular weight excluding hydrogens is 585 g/mol. The molecule has 0 saturated carbocycles.